The normalized spacial score (nSPS) is 15.9. The van der Waals surface area contributed by atoms with E-state index in [9.17, 15) is 9.59 Å². The monoisotopic (exact) mass is 439 g/mol. The van der Waals surface area contributed by atoms with Crippen molar-refractivity contribution >= 4 is 23.2 Å². The molecule has 5 heteroatoms. The van der Waals surface area contributed by atoms with Crippen LogP contribution in [0.15, 0.2) is 78.9 Å². The van der Waals surface area contributed by atoms with Crippen molar-refractivity contribution < 1.29 is 9.59 Å². The van der Waals surface area contributed by atoms with E-state index < -0.39 is 0 Å². The number of rotatable bonds is 7. The summed E-state index contributed by atoms with van der Waals surface area (Å²) < 4.78 is 0. The first kappa shape index (κ1) is 21.3. The molecule has 168 valence electrons. The van der Waals surface area contributed by atoms with Crippen LogP contribution in [-0.2, 0) is 16.6 Å². The highest BCUT2D eigenvalue weighted by atomic mass is 16.2. The van der Waals surface area contributed by atoms with Gasteiger partial charge in [-0.3, -0.25) is 9.59 Å². The summed E-state index contributed by atoms with van der Waals surface area (Å²) in [5.74, 6) is -0.0507. The summed E-state index contributed by atoms with van der Waals surface area (Å²) in [5, 5.41) is 6.29. The Hall–Kier alpha value is -3.60. The molecule has 3 aromatic carbocycles. The first-order valence-electron chi connectivity index (χ1n) is 11.7. The Morgan fingerprint density at radius 2 is 1.70 bits per heavy atom. The van der Waals surface area contributed by atoms with E-state index in [-0.39, 0.29) is 23.8 Å². The van der Waals surface area contributed by atoms with Crippen LogP contribution in [0.3, 0.4) is 0 Å². The van der Waals surface area contributed by atoms with Gasteiger partial charge in [-0.25, -0.2) is 0 Å². The number of hydrogen-bond acceptors (Lipinski definition) is 3. The number of nitrogens with one attached hydrogen (secondary N) is 2. The summed E-state index contributed by atoms with van der Waals surface area (Å²) in [6, 6.07) is 25.9. The van der Waals surface area contributed by atoms with E-state index in [2.05, 4.69) is 41.0 Å². The molecule has 2 amide bonds. The standard InChI is InChI=1S/C28H29N3O2/c32-26(30-20-28(15-7-16-28)23-10-2-1-3-11-23)19-29-24-12-6-9-22(18-24)27(33)31-17-14-21-8-4-5-13-25(21)31/h1-6,8-13,18,29H,7,14-17,19-20H2,(H,30,32). The molecule has 1 aliphatic heterocycles. The molecule has 0 aromatic heterocycles. The van der Waals surface area contributed by atoms with Gasteiger partial charge in [0.05, 0.1) is 6.54 Å². The van der Waals surface area contributed by atoms with Gasteiger partial charge in [0.25, 0.3) is 5.91 Å². The van der Waals surface area contributed by atoms with Gasteiger partial charge in [-0.1, -0.05) is 61.0 Å². The molecule has 5 rings (SSSR count). The van der Waals surface area contributed by atoms with E-state index in [1.54, 1.807) is 0 Å². The van der Waals surface area contributed by atoms with Crippen LogP contribution in [0, 0.1) is 0 Å². The molecule has 5 nitrogen and oxygen atoms in total. The lowest BCUT2D eigenvalue weighted by molar-refractivity contribution is -0.119. The van der Waals surface area contributed by atoms with Gasteiger partial charge in [0, 0.05) is 35.4 Å². The van der Waals surface area contributed by atoms with Crippen LogP contribution in [0.1, 0.15) is 40.7 Å². The summed E-state index contributed by atoms with van der Waals surface area (Å²) in [6.07, 6.45) is 4.29. The molecule has 0 saturated heterocycles. The minimum atomic E-state index is -0.0394. The maximum atomic E-state index is 13.1. The topological polar surface area (TPSA) is 61.4 Å². The minimum Gasteiger partial charge on any atom is -0.376 e. The van der Waals surface area contributed by atoms with Gasteiger partial charge in [-0.05, 0) is 54.7 Å². The second-order valence-electron chi connectivity index (χ2n) is 9.05. The summed E-state index contributed by atoms with van der Waals surface area (Å²) in [7, 11) is 0. The second-order valence-corrected chi connectivity index (χ2v) is 9.05. The van der Waals surface area contributed by atoms with Gasteiger partial charge in [-0.15, -0.1) is 0 Å². The summed E-state index contributed by atoms with van der Waals surface area (Å²) in [6.45, 7) is 1.53. The molecule has 0 radical (unpaired) electrons. The number of amides is 2. The third kappa shape index (κ3) is 4.36. The van der Waals surface area contributed by atoms with E-state index >= 15 is 0 Å². The average molecular weight is 440 g/mol. The summed E-state index contributed by atoms with van der Waals surface area (Å²) in [5.41, 5.74) is 4.95. The van der Waals surface area contributed by atoms with Crippen LogP contribution < -0.4 is 15.5 Å². The molecule has 0 atom stereocenters. The summed E-state index contributed by atoms with van der Waals surface area (Å²) >= 11 is 0. The van der Waals surface area contributed by atoms with Crippen LogP contribution in [0.4, 0.5) is 11.4 Å². The highest BCUT2D eigenvalue weighted by Gasteiger charge is 2.38. The third-order valence-electron chi connectivity index (χ3n) is 7.02. The van der Waals surface area contributed by atoms with Crippen LogP contribution in [0.5, 0.6) is 0 Å². The minimum absolute atomic E-state index is 0.0113. The number of anilines is 2. The van der Waals surface area contributed by atoms with E-state index in [1.165, 1.54) is 17.5 Å². The first-order valence-corrected chi connectivity index (χ1v) is 11.7. The predicted octanol–water partition coefficient (Wildman–Crippen LogP) is 4.54. The Kier molecular flexibility index (Phi) is 5.86. The molecular formula is C28H29N3O2. The van der Waals surface area contributed by atoms with Gasteiger partial charge in [0.2, 0.25) is 5.91 Å². The highest BCUT2D eigenvalue weighted by Crippen LogP contribution is 2.43. The van der Waals surface area contributed by atoms with Crippen molar-refractivity contribution in [3.05, 3.63) is 95.6 Å². The maximum absolute atomic E-state index is 13.1. The summed E-state index contributed by atoms with van der Waals surface area (Å²) in [4.78, 5) is 27.5. The molecule has 1 saturated carbocycles. The number of fused-ring (bicyclic) bond motifs is 1. The van der Waals surface area contributed by atoms with Crippen molar-refractivity contribution in [2.45, 2.75) is 31.1 Å². The van der Waals surface area contributed by atoms with Crippen molar-refractivity contribution in [2.75, 3.05) is 29.9 Å². The third-order valence-corrected chi connectivity index (χ3v) is 7.02. The number of carbonyl (C=O) groups excluding carboxylic acids is 2. The fourth-order valence-electron chi connectivity index (χ4n) is 4.94. The largest absolute Gasteiger partial charge is 0.376 e. The molecule has 0 unspecified atom stereocenters. The van der Waals surface area contributed by atoms with E-state index in [1.807, 2.05) is 53.4 Å². The molecule has 3 aromatic rings. The lowest BCUT2D eigenvalue weighted by Crippen LogP contribution is -2.46. The Bertz CT molecular complexity index is 1150. The van der Waals surface area contributed by atoms with E-state index in [0.29, 0.717) is 18.7 Å². The van der Waals surface area contributed by atoms with Crippen LogP contribution in [-0.4, -0.2) is 31.4 Å². The molecule has 0 bridgehead atoms. The number of hydrogen-bond donors (Lipinski definition) is 2. The number of carbonyl (C=O) groups is 2. The van der Waals surface area contributed by atoms with Crippen LogP contribution >= 0.6 is 0 Å². The molecule has 1 heterocycles. The number of para-hydroxylation sites is 1. The Balaban J connectivity index is 1.18. The van der Waals surface area contributed by atoms with Crippen molar-refractivity contribution in [3.63, 3.8) is 0 Å². The zero-order chi connectivity index (χ0) is 22.7. The van der Waals surface area contributed by atoms with Gasteiger partial charge < -0.3 is 15.5 Å². The zero-order valence-corrected chi connectivity index (χ0v) is 18.7. The van der Waals surface area contributed by atoms with E-state index in [4.69, 9.17) is 0 Å². The van der Waals surface area contributed by atoms with Crippen LogP contribution in [0.2, 0.25) is 0 Å². The fourth-order valence-corrected chi connectivity index (χ4v) is 4.94. The molecule has 0 spiro atoms. The number of benzene rings is 3. The Labute approximate surface area is 194 Å². The molecule has 33 heavy (non-hydrogen) atoms. The fraction of sp³-hybridized carbons (Fsp3) is 0.286. The molecule has 1 aliphatic carbocycles. The molecule has 1 fully saturated rings. The van der Waals surface area contributed by atoms with Crippen molar-refractivity contribution in [3.8, 4) is 0 Å². The first-order chi connectivity index (χ1) is 16.1. The van der Waals surface area contributed by atoms with Crippen molar-refractivity contribution in [1.29, 1.82) is 0 Å². The molecule has 2 aliphatic rings. The molecule has 2 N–H and O–H groups in total. The second kappa shape index (κ2) is 9.10. The van der Waals surface area contributed by atoms with Crippen molar-refractivity contribution in [2.24, 2.45) is 0 Å². The predicted molar refractivity (Wildman–Crippen MR) is 132 cm³/mol. The zero-order valence-electron chi connectivity index (χ0n) is 18.7. The maximum Gasteiger partial charge on any atom is 0.258 e. The van der Waals surface area contributed by atoms with Crippen LogP contribution in [0.25, 0.3) is 0 Å². The highest BCUT2D eigenvalue weighted by molar-refractivity contribution is 6.07. The lowest BCUT2D eigenvalue weighted by Gasteiger charge is -2.42. The molecular weight excluding hydrogens is 410 g/mol. The lowest BCUT2D eigenvalue weighted by atomic mass is 9.64. The smallest absolute Gasteiger partial charge is 0.258 e. The van der Waals surface area contributed by atoms with Gasteiger partial charge in [-0.2, -0.15) is 0 Å². The SMILES string of the molecule is O=C(CNc1cccc(C(=O)N2CCc3ccccc32)c1)NCC1(c2ccccc2)CCC1. The Morgan fingerprint density at radius 3 is 2.48 bits per heavy atom. The van der Waals surface area contributed by atoms with Gasteiger partial charge >= 0.3 is 0 Å². The Morgan fingerprint density at radius 1 is 0.909 bits per heavy atom. The van der Waals surface area contributed by atoms with Gasteiger partial charge in [0.15, 0.2) is 0 Å². The van der Waals surface area contributed by atoms with Gasteiger partial charge in [0.1, 0.15) is 0 Å². The quantitative estimate of drug-likeness (QED) is 0.568. The number of nitrogens with zero attached hydrogens (tertiary/aromatic N) is 1. The van der Waals surface area contributed by atoms with E-state index in [0.717, 1.165) is 30.6 Å². The average Bonchev–Trinajstić information content (AvgIpc) is 3.27. The van der Waals surface area contributed by atoms with Crippen molar-refractivity contribution in [1.82, 2.24) is 5.32 Å².